The van der Waals surface area contributed by atoms with Gasteiger partial charge in [-0.15, -0.1) is 0 Å². The molecule has 0 aliphatic heterocycles. The molecule has 0 N–H and O–H groups in total. The second-order valence-corrected chi connectivity index (χ2v) is 0. The summed E-state index contributed by atoms with van der Waals surface area (Å²) in [6, 6.07) is 0. The summed E-state index contributed by atoms with van der Waals surface area (Å²) < 4.78 is 0. The number of rotatable bonds is 0. The molecule has 0 aliphatic rings. The summed E-state index contributed by atoms with van der Waals surface area (Å²) in [5, 5.41) is 0. The van der Waals surface area contributed by atoms with Crippen LogP contribution in [0.2, 0.25) is 0 Å². The minimum Gasteiger partial charge on any atom is -1.00 e. The van der Waals surface area contributed by atoms with Gasteiger partial charge in [0.1, 0.15) is 0 Å². The molecule has 0 saturated carbocycles. The van der Waals surface area contributed by atoms with Crippen LogP contribution >= 0.6 is 0 Å². The Morgan fingerprint density at radius 3 is 1.00 bits per heavy atom. The van der Waals surface area contributed by atoms with Crippen molar-refractivity contribution in [3.05, 3.63) is 0 Å². The van der Waals surface area contributed by atoms with E-state index >= 15 is 0 Å². The first-order valence-electron chi connectivity index (χ1n) is 0. The minimum absolute atomic E-state index is 0. The van der Waals surface area contributed by atoms with E-state index in [1.807, 2.05) is 0 Å². The maximum Gasteiger partial charge on any atom is 1.00 e. The van der Waals surface area contributed by atoms with Crippen LogP contribution in [0.25, 0.3) is 0 Å². The molecular weight excluding hydrogens is 61.3 g/mol. The molecule has 0 atom stereocenters. The predicted molar refractivity (Wildman–Crippen MR) is 7.84 cm³/mol. The first kappa shape index (κ1) is 50.0. The molecule has 0 amide bonds. The quantitative estimate of drug-likeness (QED) is 0.246. The standard InChI is InChI=1S/CH4.ClH.2Li.H/h1H4;1H;;;/q;;2*+1;-1/p-1. The second-order valence-electron chi connectivity index (χ2n) is 0. The molecule has 0 aromatic rings. The molecule has 0 radical (unpaired) electrons. The summed E-state index contributed by atoms with van der Waals surface area (Å²) in [5.41, 5.74) is 0. The van der Waals surface area contributed by atoms with E-state index in [1.165, 1.54) is 0 Å². The van der Waals surface area contributed by atoms with Gasteiger partial charge in [-0.05, 0) is 0 Å². The van der Waals surface area contributed by atoms with Crippen molar-refractivity contribution >= 4 is 0 Å². The zero-order valence-corrected chi connectivity index (χ0v) is 3.13. The van der Waals surface area contributed by atoms with E-state index in [2.05, 4.69) is 0 Å². The molecule has 4 heavy (non-hydrogen) atoms. The zero-order chi connectivity index (χ0) is 0. The van der Waals surface area contributed by atoms with Crippen LogP contribution in [0.4, 0.5) is 0 Å². The fourth-order valence-electron chi connectivity index (χ4n) is 0. The van der Waals surface area contributed by atoms with Crippen LogP contribution in [-0.2, 0) is 0 Å². The van der Waals surface area contributed by atoms with Crippen LogP contribution in [0.5, 0.6) is 0 Å². The minimum atomic E-state index is 0. The van der Waals surface area contributed by atoms with Gasteiger partial charge in [0, 0.05) is 0 Å². The smallest absolute Gasteiger partial charge is 1.00 e. The van der Waals surface area contributed by atoms with Gasteiger partial charge in [-0.2, -0.15) is 0 Å². The Bertz CT molecular complexity index is 9.61. The van der Waals surface area contributed by atoms with Gasteiger partial charge in [0.15, 0.2) is 0 Å². The molecule has 0 aliphatic carbocycles. The van der Waals surface area contributed by atoms with Crippen molar-refractivity contribution in [3.8, 4) is 0 Å². The molecule has 0 nitrogen and oxygen atoms in total. The van der Waals surface area contributed by atoms with E-state index in [9.17, 15) is 0 Å². The Balaban J connectivity index is 0. The summed E-state index contributed by atoms with van der Waals surface area (Å²) in [6.07, 6.45) is 0. The number of halogens is 1. The maximum atomic E-state index is 0. The van der Waals surface area contributed by atoms with E-state index < -0.39 is 0 Å². The average molecular weight is 66.4 g/mol. The monoisotopic (exact) mass is 66.0 g/mol. The third-order valence-corrected chi connectivity index (χ3v) is 0. The molecule has 0 spiro atoms. The largest absolute Gasteiger partial charge is 1.00 e. The molecule has 0 saturated heterocycles. The van der Waals surface area contributed by atoms with Crippen LogP contribution in [0.3, 0.4) is 0 Å². The van der Waals surface area contributed by atoms with Crippen molar-refractivity contribution < 1.29 is 51.6 Å². The third kappa shape index (κ3) is 9.76. The van der Waals surface area contributed by atoms with E-state index in [1.54, 1.807) is 0 Å². The summed E-state index contributed by atoms with van der Waals surface area (Å²) in [5.74, 6) is 0. The molecule has 18 valence electrons. The fourth-order valence-corrected chi connectivity index (χ4v) is 0. The van der Waals surface area contributed by atoms with Gasteiger partial charge in [0.2, 0.25) is 0 Å². The van der Waals surface area contributed by atoms with Gasteiger partial charge in [0.25, 0.3) is 0 Å². The molecule has 3 heteroatoms. The van der Waals surface area contributed by atoms with Crippen molar-refractivity contribution in [1.29, 1.82) is 0 Å². The van der Waals surface area contributed by atoms with E-state index in [-0.39, 0.29) is 59.0 Å². The molecule has 0 aromatic carbocycles. The summed E-state index contributed by atoms with van der Waals surface area (Å²) >= 11 is 0. The average Bonchev–Trinajstić information content (AvgIpc) is 0. The Morgan fingerprint density at radius 2 is 1.00 bits per heavy atom. The summed E-state index contributed by atoms with van der Waals surface area (Å²) in [6.45, 7) is 0. The Labute approximate surface area is 59.0 Å². The van der Waals surface area contributed by atoms with Crippen molar-refractivity contribution in [3.63, 3.8) is 0 Å². The molecule has 0 fully saturated rings. The Hall–Kier alpha value is 1.48. The van der Waals surface area contributed by atoms with E-state index in [4.69, 9.17) is 0 Å². The van der Waals surface area contributed by atoms with Crippen LogP contribution < -0.4 is 50.1 Å². The topological polar surface area (TPSA) is 0 Å². The third-order valence-electron chi connectivity index (χ3n) is 0. The molecular formula is CH5ClLi2. The van der Waals surface area contributed by atoms with Crippen LogP contribution in [0, 0.1) is 0 Å². The Kier molecular flexibility index (Phi) is 309. The van der Waals surface area contributed by atoms with Gasteiger partial charge in [-0.1, -0.05) is 7.43 Å². The first-order valence-corrected chi connectivity index (χ1v) is 0. The fraction of sp³-hybridized carbons (Fsp3) is 1.00. The van der Waals surface area contributed by atoms with Crippen molar-refractivity contribution in [2.45, 2.75) is 7.43 Å². The van der Waals surface area contributed by atoms with Gasteiger partial charge < -0.3 is 13.8 Å². The van der Waals surface area contributed by atoms with Crippen molar-refractivity contribution in [2.24, 2.45) is 0 Å². The maximum absolute atomic E-state index is 0. The van der Waals surface area contributed by atoms with Gasteiger partial charge >= 0.3 is 37.7 Å². The van der Waals surface area contributed by atoms with E-state index in [0.717, 1.165) is 0 Å². The van der Waals surface area contributed by atoms with E-state index in [0.29, 0.717) is 0 Å². The predicted octanol–water partition coefficient (Wildman–Crippen LogP) is -8.24. The van der Waals surface area contributed by atoms with Gasteiger partial charge in [0.05, 0.1) is 0 Å². The van der Waals surface area contributed by atoms with Crippen LogP contribution in [0.1, 0.15) is 8.85 Å². The normalized spacial score (nSPS) is 0. The van der Waals surface area contributed by atoms with Gasteiger partial charge in [-0.3, -0.25) is 0 Å². The van der Waals surface area contributed by atoms with Crippen LogP contribution in [0.15, 0.2) is 0 Å². The Morgan fingerprint density at radius 1 is 1.00 bits per heavy atom. The zero-order valence-electron chi connectivity index (χ0n) is 3.38. The molecule has 0 aromatic heterocycles. The first-order chi connectivity index (χ1) is 0. The SMILES string of the molecule is C.[Cl-].[H-].[Li+].[Li+]. The molecule has 0 rings (SSSR count). The summed E-state index contributed by atoms with van der Waals surface area (Å²) in [7, 11) is 0. The molecule has 0 bridgehead atoms. The number of hydrogen-bond donors (Lipinski definition) is 0. The van der Waals surface area contributed by atoms with Gasteiger partial charge in [-0.25, -0.2) is 0 Å². The van der Waals surface area contributed by atoms with Crippen LogP contribution in [-0.4, -0.2) is 0 Å². The summed E-state index contributed by atoms with van der Waals surface area (Å²) in [4.78, 5) is 0. The molecule has 0 unspecified atom stereocenters. The van der Waals surface area contributed by atoms with Crippen molar-refractivity contribution in [1.82, 2.24) is 0 Å². The van der Waals surface area contributed by atoms with Crippen molar-refractivity contribution in [2.75, 3.05) is 0 Å². The number of hydrogen-bond acceptors (Lipinski definition) is 0. The second kappa shape index (κ2) is 24.7. The molecule has 0 heterocycles.